The molecule has 0 aliphatic carbocycles. The van der Waals surface area contributed by atoms with Crippen molar-refractivity contribution in [3.05, 3.63) is 34.9 Å². The van der Waals surface area contributed by atoms with E-state index in [1.54, 1.807) is 24.3 Å². The summed E-state index contributed by atoms with van der Waals surface area (Å²) in [6, 6.07) is 6.63. The van der Waals surface area contributed by atoms with E-state index in [0.717, 1.165) is 0 Å². The number of carbonyl (C=O) groups is 2. The molecule has 1 amide bonds. The first-order chi connectivity index (χ1) is 10.4. The van der Waals surface area contributed by atoms with Gasteiger partial charge in [-0.3, -0.25) is 4.79 Å². The summed E-state index contributed by atoms with van der Waals surface area (Å²) in [6.45, 7) is 0.347. The van der Waals surface area contributed by atoms with Crippen LogP contribution in [0, 0.1) is 0 Å². The Bertz CT molecular complexity index is 552. The number of esters is 1. The number of piperidine rings is 1. The van der Waals surface area contributed by atoms with Crippen molar-refractivity contribution in [1.29, 1.82) is 0 Å². The number of carbonyl (C=O) groups excluding carboxylic acids is 1. The lowest BCUT2D eigenvalue weighted by molar-refractivity contribution is -0.152. The number of hydrogen-bond acceptors (Lipinski definition) is 4. The molecule has 1 fully saturated rings. The summed E-state index contributed by atoms with van der Waals surface area (Å²) in [6.07, 6.45) is -0.688. The van der Waals surface area contributed by atoms with E-state index in [9.17, 15) is 14.7 Å². The standard InChI is InChI=1S/C15H18ClNO5/c1-22-13(18)12(10-2-4-11(16)5-3-10)15(21)6-8-17(9-7-15)14(19)20/h2-5,12,21H,6-9H2,1H3,(H,19,20). The summed E-state index contributed by atoms with van der Waals surface area (Å²) >= 11 is 5.85. The number of likely N-dealkylation sites (tertiary alicyclic amines) is 1. The third kappa shape index (κ3) is 3.34. The summed E-state index contributed by atoms with van der Waals surface area (Å²) in [5.74, 6) is -1.42. The largest absolute Gasteiger partial charge is 0.468 e. The van der Waals surface area contributed by atoms with Crippen LogP contribution in [0.15, 0.2) is 24.3 Å². The van der Waals surface area contributed by atoms with Crippen molar-refractivity contribution < 1.29 is 24.5 Å². The van der Waals surface area contributed by atoms with E-state index >= 15 is 0 Å². The minimum atomic E-state index is -1.34. The maximum Gasteiger partial charge on any atom is 0.407 e. The van der Waals surface area contributed by atoms with Crippen molar-refractivity contribution in [2.24, 2.45) is 0 Å². The zero-order valence-corrected chi connectivity index (χ0v) is 12.9. The van der Waals surface area contributed by atoms with Gasteiger partial charge in [-0.1, -0.05) is 23.7 Å². The lowest BCUT2D eigenvalue weighted by Gasteiger charge is -2.41. The smallest absolute Gasteiger partial charge is 0.407 e. The average Bonchev–Trinajstić information content (AvgIpc) is 2.49. The Labute approximate surface area is 133 Å². The van der Waals surface area contributed by atoms with Gasteiger partial charge in [0.25, 0.3) is 0 Å². The molecule has 2 rings (SSSR count). The molecule has 0 spiro atoms. The lowest BCUT2D eigenvalue weighted by atomic mass is 9.76. The van der Waals surface area contributed by atoms with Crippen molar-refractivity contribution in [3.8, 4) is 0 Å². The molecular formula is C15H18ClNO5. The minimum absolute atomic E-state index is 0.168. The second-order valence-electron chi connectivity index (χ2n) is 5.38. The number of rotatable bonds is 3. The van der Waals surface area contributed by atoms with Crippen LogP contribution >= 0.6 is 11.6 Å². The number of nitrogens with zero attached hydrogens (tertiary/aromatic N) is 1. The quantitative estimate of drug-likeness (QED) is 0.830. The van der Waals surface area contributed by atoms with Crippen molar-refractivity contribution in [1.82, 2.24) is 4.90 Å². The molecule has 6 nitrogen and oxygen atoms in total. The molecule has 1 aliphatic heterocycles. The highest BCUT2D eigenvalue weighted by Gasteiger charge is 2.45. The molecule has 0 saturated carbocycles. The molecule has 1 aromatic carbocycles. The van der Waals surface area contributed by atoms with Gasteiger partial charge in [0.1, 0.15) is 5.92 Å². The van der Waals surface area contributed by atoms with Gasteiger partial charge in [0, 0.05) is 18.1 Å². The first kappa shape index (κ1) is 16.6. The molecule has 1 heterocycles. The summed E-state index contributed by atoms with van der Waals surface area (Å²) in [4.78, 5) is 24.4. The molecule has 7 heteroatoms. The Hall–Kier alpha value is -1.79. The van der Waals surface area contributed by atoms with Gasteiger partial charge in [-0.15, -0.1) is 0 Å². The summed E-state index contributed by atoms with van der Waals surface area (Å²) in [7, 11) is 1.26. The molecule has 1 unspecified atom stereocenters. The number of hydrogen-bond donors (Lipinski definition) is 2. The minimum Gasteiger partial charge on any atom is -0.468 e. The number of amides is 1. The first-order valence-corrected chi connectivity index (χ1v) is 7.29. The van der Waals surface area contributed by atoms with Crippen LogP contribution in [0.1, 0.15) is 24.3 Å². The van der Waals surface area contributed by atoms with E-state index in [1.807, 2.05) is 0 Å². The maximum absolute atomic E-state index is 12.2. The maximum atomic E-state index is 12.2. The highest BCUT2D eigenvalue weighted by molar-refractivity contribution is 6.30. The first-order valence-electron chi connectivity index (χ1n) is 6.91. The summed E-state index contributed by atoms with van der Waals surface area (Å²) < 4.78 is 4.83. The van der Waals surface area contributed by atoms with E-state index in [1.165, 1.54) is 12.0 Å². The number of halogens is 1. The van der Waals surface area contributed by atoms with Crippen LogP contribution in [0.4, 0.5) is 4.79 Å². The Balaban J connectivity index is 2.28. The molecule has 0 radical (unpaired) electrons. The zero-order valence-electron chi connectivity index (χ0n) is 12.2. The van der Waals surface area contributed by atoms with Crippen LogP contribution in [0.25, 0.3) is 0 Å². The average molecular weight is 328 g/mol. The van der Waals surface area contributed by atoms with Gasteiger partial charge in [0.05, 0.1) is 12.7 Å². The molecule has 0 bridgehead atoms. The summed E-state index contributed by atoms with van der Waals surface area (Å²) in [5.41, 5.74) is -0.741. The van der Waals surface area contributed by atoms with Gasteiger partial charge < -0.3 is 19.8 Å². The number of ether oxygens (including phenoxy) is 1. The molecule has 120 valence electrons. The van der Waals surface area contributed by atoms with Crippen molar-refractivity contribution >= 4 is 23.7 Å². The molecule has 22 heavy (non-hydrogen) atoms. The molecule has 1 saturated heterocycles. The van der Waals surface area contributed by atoms with Gasteiger partial charge in [-0.25, -0.2) is 4.79 Å². The fourth-order valence-electron chi connectivity index (χ4n) is 2.81. The van der Waals surface area contributed by atoms with E-state index < -0.39 is 23.6 Å². The molecule has 1 aliphatic rings. The topological polar surface area (TPSA) is 87.1 Å². The van der Waals surface area contributed by atoms with E-state index in [-0.39, 0.29) is 25.9 Å². The third-order valence-electron chi connectivity index (χ3n) is 4.08. The van der Waals surface area contributed by atoms with Gasteiger partial charge >= 0.3 is 12.1 Å². The van der Waals surface area contributed by atoms with Crippen molar-refractivity contribution in [2.75, 3.05) is 20.2 Å². The number of aliphatic hydroxyl groups is 1. The predicted molar refractivity (Wildman–Crippen MR) is 80.0 cm³/mol. The number of carboxylic acid groups (broad SMARTS) is 1. The Morgan fingerprint density at radius 3 is 2.27 bits per heavy atom. The van der Waals surface area contributed by atoms with Crippen LogP contribution in [0.2, 0.25) is 5.02 Å². The molecule has 0 aromatic heterocycles. The van der Waals surface area contributed by atoms with Crippen molar-refractivity contribution in [3.63, 3.8) is 0 Å². The van der Waals surface area contributed by atoms with Gasteiger partial charge in [0.2, 0.25) is 0 Å². The normalized spacial score (nSPS) is 18.6. The fourth-order valence-corrected chi connectivity index (χ4v) is 2.94. The SMILES string of the molecule is COC(=O)C(c1ccc(Cl)cc1)C1(O)CCN(C(=O)O)CC1. The number of benzene rings is 1. The van der Waals surface area contributed by atoms with Crippen LogP contribution in [0.5, 0.6) is 0 Å². The van der Waals surface area contributed by atoms with Crippen LogP contribution in [0.3, 0.4) is 0 Å². The molecule has 2 N–H and O–H groups in total. The van der Waals surface area contributed by atoms with Gasteiger partial charge in [-0.05, 0) is 30.5 Å². The van der Waals surface area contributed by atoms with Crippen LogP contribution < -0.4 is 0 Å². The molecule has 1 atom stereocenters. The fraction of sp³-hybridized carbons (Fsp3) is 0.467. The van der Waals surface area contributed by atoms with E-state index in [4.69, 9.17) is 21.4 Å². The molecular weight excluding hydrogens is 310 g/mol. The highest BCUT2D eigenvalue weighted by Crippen LogP contribution is 2.38. The highest BCUT2D eigenvalue weighted by atomic mass is 35.5. The zero-order chi connectivity index (χ0) is 16.3. The van der Waals surface area contributed by atoms with Crippen LogP contribution in [-0.4, -0.2) is 53.0 Å². The van der Waals surface area contributed by atoms with Crippen molar-refractivity contribution in [2.45, 2.75) is 24.4 Å². The second kappa shape index (κ2) is 6.54. The van der Waals surface area contributed by atoms with Crippen LogP contribution in [-0.2, 0) is 9.53 Å². The summed E-state index contributed by atoms with van der Waals surface area (Å²) in [5, 5.41) is 20.4. The second-order valence-corrected chi connectivity index (χ2v) is 5.82. The Morgan fingerprint density at radius 2 is 1.82 bits per heavy atom. The van der Waals surface area contributed by atoms with E-state index in [2.05, 4.69) is 0 Å². The Morgan fingerprint density at radius 1 is 1.27 bits per heavy atom. The monoisotopic (exact) mass is 327 g/mol. The Kier molecular flexibility index (Phi) is 4.93. The van der Waals surface area contributed by atoms with E-state index in [0.29, 0.717) is 10.6 Å². The van der Waals surface area contributed by atoms with Gasteiger partial charge in [0.15, 0.2) is 0 Å². The van der Waals surface area contributed by atoms with Gasteiger partial charge in [-0.2, -0.15) is 0 Å². The lowest BCUT2D eigenvalue weighted by Crippen LogP contribution is -2.51. The number of methoxy groups -OCH3 is 1. The third-order valence-corrected chi connectivity index (χ3v) is 4.33. The molecule has 1 aromatic rings. The predicted octanol–water partition coefficient (Wildman–Crippen LogP) is 2.10.